The standard InChI is InChI=1S/4CHO.Co.Sn.H/c4*1-2;;;/h4*1H;;;/q4*-1;;;. The van der Waals surface area contributed by atoms with Gasteiger partial charge in [0.25, 0.3) is 0 Å². The van der Waals surface area contributed by atoms with Gasteiger partial charge in [0.1, 0.15) is 0 Å². The van der Waals surface area contributed by atoms with Gasteiger partial charge < -0.3 is 19.2 Å². The molecule has 0 spiro atoms. The summed E-state index contributed by atoms with van der Waals surface area (Å²) in [7, 11) is 0. The van der Waals surface area contributed by atoms with Crippen molar-refractivity contribution < 1.29 is 36.0 Å². The summed E-state index contributed by atoms with van der Waals surface area (Å²) in [5.41, 5.74) is 0. The number of hydrogen-bond acceptors (Lipinski definition) is 4. The number of carbonyl (C=O) groups excluding carboxylic acids is 4. The van der Waals surface area contributed by atoms with E-state index in [0.29, 0.717) is 0 Å². The predicted molar refractivity (Wildman–Crippen MR) is 34.2 cm³/mol. The van der Waals surface area contributed by atoms with E-state index in [1.165, 1.54) is 0 Å². The van der Waals surface area contributed by atoms with E-state index in [4.69, 9.17) is 19.2 Å². The minimum absolute atomic E-state index is 0. The quantitative estimate of drug-likeness (QED) is 0.302. The van der Waals surface area contributed by atoms with Crippen molar-refractivity contribution in [2.45, 2.75) is 0 Å². The Morgan fingerprint density at radius 2 is 0.500 bits per heavy atom. The second kappa shape index (κ2) is 2610000. The Balaban J connectivity index is -0.00000000500. The van der Waals surface area contributed by atoms with E-state index in [-0.39, 0.29) is 40.7 Å². The topological polar surface area (TPSA) is 68.3 Å². The second-order valence-electron chi connectivity index (χ2n) is 0. The molecule has 0 aliphatic rings. The molecular formula is C4H5CoO4Sn-4. The fourth-order valence-electron chi connectivity index (χ4n) is 0. The molecule has 0 aromatic heterocycles. The van der Waals surface area contributed by atoms with Crippen LogP contribution in [0, 0.1) is 0 Å². The van der Waals surface area contributed by atoms with Crippen LogP contribution in [-0.4, -0.2) is 51.1 Å². The van der Waals surface area contributed by atoms with Gasteiger partial charge >= 0.3 is 23.9 Å². The van der Waals surface area contributed by atoms with Gasteiger partial charge in [0.15, 0.2) is 0 Å². The molecule has 0 saturated heterocycles. The van der Waals surface area contributed by atoms with Crippen molar-refractivity contribution in [1.29, 1.82) is 0 Å². The van der Waals surface area contributed by atoms with Gasteiger partial charge in [0, 0.05) is 16.8 Å². The van der Waals surface area contributed by atoms with E-state index in [2.05, 4.69) is 27.2 Å². The Labute approximate surface area is 86.9 Å². The van der Waals surface area contributed by atoms with Crippen LogP contribution in [0.1, 0.15) is 0 Å². The van der Waals surface area contributed by atoms with Gasteiger partial charge in [-0.1, -0.05) is 0 Å². The summed E-state index contributed by atoms with van der Waals surface area (Å²) in [5, 5.41) is 0. The predicted octanol–water partition coefficient (Wildman–Crippen LogP) is -1.75. The van der Waals surface area contributed by atoms with Gasteiger partial charge in [-0.3, -0.25) is 27.2 Å². The zero-order chi connectivity index (χ0) is 8.00. The van der Waals surface area contributed by atoms with Gasteiger partial charge in [-0.25, -0.2) is 0 Å². The van der Waals surface area contributed by atoms with Crippen LogP contribution in [0.5, 0.6) is 0 Å². The molecule has 0 rings (SSSR count). The van der Waals surface area contributed by atoms with E-state index < -0.39 is 0 Å². The van der Waals surface area contributed by atoms with Crippen LogP contribution in [0.15, 0.2) is 0 Å². The van der Waals surface area contributed by atoms with E-state index in [9.17, 15) is 0 Å². The maximum absolute atomic E-state index is 7.75. The first kappa shape index (κ1) is 50.8. The van der Waals surface area contributed by atoms with E-state index in [1.807, 2.05) is 0 Å². The summed E-state index contributed by atoms with van der Waals surface area (Å²) in [4.78, 5) is 31.0. The van der Waals surface area contributed by atoms with Gasteiger partial charge in [0.05, 0.1) is 0 Å². The van der Waals surface area contributed by atoms with Crippen molar-refractivity contribution in [3.63, 3.8) is 0 Å². The van der Waals surface area contributed by atoms with Crippen LogP contribution < -0.4 is 0 Å². The SMILES string of the molecule is [CH-]=O.[CH-]=O.[CH-]=O.[CH-]=O.[Co].[SnH]. The van der Waals surface area contributed by atoms with Crippen molar-refractivity contribution in [3.8, 4) is 0 Å². The molecule has 0 fully saturated rings. The Bertz CT molecular complexity index is 25.2. The second-order valence-corrected chi connectivity index (χ2v) is 0. The molecular weight excluding hydrogens is 290 g/mol. The first-order valence-electron chi connectivity index (χ1n) is 0.943. The summed E-state index contributed by atoms with van der Waals surface area (Å²) in [6.07, 6.45) is 0. The van der Waals surface area contributed by atoms with E-state index in [1.54, 1.807) is 0 Å². The fraction of sp³-hybridized carbons (Fsp3) is 0. The summed E-state index contributed by atoms with van der Waals surface area (Å²) in [5.74, 6) is 0. The molecule has 0 saturated carbocycles. The van der Waals surface area contributed by atoms with Gasteiger partial charge in [0.2, 0.25) is 0 Å². The molecule has 0 N–H and O–H groups in total. The molecule has 4 nitrogen and oxygen atoms in total. The molecule has 0 aromatic carbocycles. The summed E-state index contributed by atoms with van der Waals surface area (Å²) in [6.45, 7) is 13.0. The van der Waals surface area contributed by atoms with Crippen LogP contribution in [0.25, 0.3) is 0 Å². The molecule has 10 heavy (non-hydrogen) atoms. The molecule has 6 heteroatoms. The molecule has 0 heterocycles. The molecule has 4 radical (unpaired) electrons. The summed E-state index contributed by atoms with van der Waals surface area (Å²) < 4.78 is 0. The average molecular weight is 295 g/mol. The Kier molecular flexibility index (Phi) is 13300000. The fourth-order valence-corrected chi connectivity index (χ4v) is 0. The molecule has 0 atom stereocenters. The molecule has 0 unspecified atom stereocenters. The van der Waals surface area contributed by atoms with Crippen LogP contribution in [0.2, 0.25) is 0 Å². The maximum atomic E-state index is 7.75. The molecule has 0 aliphatic carbocycles. The average Bonchev–Trinajstić information content (AvgIpc) is 2.03. The first-order chi connectivity index (χ1) is 4.00. The van der Waals surface area contributed by atoms with E-state index in [0.717, 1.165) is 0 Å². The van der Waals surface area contributed by atoms with Crippen LogP contribution in [-0.2, 0) is 36.0 Å². The molecule has 0 bridgehead atoms. The number of rotatable bonds is 0. The van der Waals surface area contributed by atoms with Crippen molar-refractivity contribution in [3.05, 3.63) is 0 Å². The van der Waals surface area contributed by atoms with E-state index >= 15 is 0 Å². The van der Waals surface area contributed by atoms with Gasteiger partial charge in [-0.15, -0.1) is 0 Å². The monoisotopic (exact) mass is 296 g/mol. The summed E-state index contributed by atoms with van der Waals surface area (Å²) in [6, 6.07) is 0. The van der Waals surface area contributed by atoms with Crippen LogP contribution >= 0.6 is 0 Å². The minimum atomic E-state index is 0. The van der Waals surface area contributed by atoms with Crippen molar-refractivity contribution in [1.82, 2.24) is 0 Å². The summed E-state index contributed by atoms with van der Waals surface area (Å²) >= 11 is 0. The molecule has 0 aliphatic heterocycles. The number of hydrogen-bond donors (Lipinski definition) is 0. The zero-order valence-electron chi connectivity index (χ0n) is 4.85. The zero-order valence-corrected chi connectivity index (χ0v) is 9.19. The Morgan fingerprint density at radius 3 is 0.500 bits per heavy atom. The molecule has 0 aromatic rings. The third-order valence-electron chi connectivity index (χ3n) is 0. The first-order valence-corrected chi connectivity index (χ1v) is 0.943. The van der Waals surface area contributed by atoms with Crippen LogP contribution in [0.3, 0.4) is 0 Å². The van der Waals surface area contributed by atoms with Crippen molar-refractivity contribution in [2.24, 2.45) is 0 Å². The Hall–Kier alpha value is -0.0148. The molecule has 0 amide bonds. The Morgan fingerprint density at radius 1 is 0.500 bits per heavy atom. The normalized spacial score (nSPS) is 1.60. The van der Waals surface area contributed by atoms with Crippen LogP contribution in [0.4, 0.5) is 0 Å². The van der Waals surface area contributed by atoms with Crippen molar-refractivity contribution in [2.75, 3.05) is 0 Å². The third-order valence-corrected chi connectivity index (χ3v) is 0. The third kappa shape index (κ3) is 1780000. The van der Waals surface area contributed by atoms with Gasteiger partial charge in [-0.2, -0.15) is 0 Å². The van der Waals surface area contributed by atoms with Crippen molar-refractivity contribution >= 4 is 51.1 Å². The molecule has 62 valence electrons. The van der Waals surface area contributed by atoms with Gasteiger partial charge in [-0.05, 0) is 0 Å².